The van der Waals surface area contributed by atoms with Crippen LogP contribution in [0.3, 0.4) is 0 Å². The molecule has 0 bridgehead atoms. The highest BCUT2D eigenvalue weighted by Gasteiger charge is 2.30. The van der Waals surface area contributed by atoms with Gasteiger partial charge in [-0.3, -0.25) is 0 Å². The van der Waals surface area contributed by atoms with Gasteiger partial charge in [-0.25, -0.2) is 0 Å². The van der Waals surface area contributed by atoms with Crippen LogP contribution >= 0.6 is 11.6 Å². The van der Waals surface area contributed by atoms with Gasteiger partial charge in [0.15, 0.2) is 0 Å². The third-order valence-electron chi connectivity index (χ3n) is 1.58. The number of hydrogen-bond donors (Lipinski definition) is 1. The summed E-state index contributed by atoms with van der Waals surface area (Å²) in [6.45, 7) is 0. The number of nitrogen functional groups attached to an aromatic ring is 1. The summed E-state index contributed by atoms with van der Waals surface area (Å²) in [5.74, 6) is 5.01. The highest BCUT2D eigenvalue weighted by molar-refractivity contribution is 6.19. The Balaban J connectivity index is 3.17. The summed E-state index contributed by atoms with van der Waals surface area (Å²) in [5.41, 5.74) is 4.77. The molecule has 0 radical (unpaired) electrons. The first-order valence-corrected chi connectivity index (χ1v) is 4.49. The molecule has 15 heavy (non-hydrogen) atoms. The van der Waals surface area contributed by atoms with Gasteiger partial charge in [-0.05, 0) is 18.2 Å². The molecule has 0 fully saturated rings. The van der Waals surface area contributed by atoms with Crippen LogP contribution in [0.1, 0.15) is 11.1 Å². The van der Waals surface area contributed by atoms with Crippen molar-refractivity contribution in [2.45, 2.75) is 6.18 Å². The maximum atomic E-state index is 12.3. The van der Waals surface area contributed by atoms with E-state index >= 15 is 0 Å². The molecule has 0 amide bonds. The number of rotatable bonds is 0. The summed E-state index contributed by atoms with van der Waals surface area (Å²) in [4.78, 5) is 0. The van der Waals surface area contributed by atoms with E-state index in [1.165, 1.54) is 6.07 Å². The second-order valence-corrected chi connectivity index (χ2v) is 3.04. The Morgan fingerprint density at radius 1 is 1.27 bits per heavy atom. The first kappa shape index (κ1) is 11.7. The minimum Gasteiger partial charge on any atom is -0.399 e. The standard InChI is InChI=1S/C10H7ClF3N/c11-3-1-2-7-4-8(10(12,13)14)6-9(15)5-7/h4-6H,3,15H2. The molecule has 0 heterocycles. The lowest BCUT2D eigenvalue weighted by molar-refractivity contribution is -0.137. The SMILES string of the molecule is Nc1cc(C#CCCl)cc(C(F)(F)F)c1. The van der Waals surface area contributed by atoms with Crippen LogP contribution in [0.2, 0.25) is 0 Å². The predicted octanol–water partition coefficient (Wildman–Crippen LogP) is 2.88. The van der Waals surface area contributed by atoms with E-state index in [0.29, 0.717) is 0 Å². The maximum absolute atomic E-state index is 12.3. The number of anilines is 1. The molecule has 5 heteroatoms. The Bertz CT molecular complexity index is 415. The largest absolute Gasteiger partial charge is 0.416 e. The van der Waals surface area contributed by atoms with Gasteiger partial charge in [0.05, 0.1) is 11.4 Å². The molecule has 1 aromatic carbocycles. The fourth-order valence-electron chi connectivity index (χ4n) is 1.02. The van der Waals surface area contributed by atoms with Crippen LogP contribution in [-0.4, -0.2) is 5.88 Å². The zero-order valence-corrected chi connectivity index (χ0v) is 8.28. The third-order valence-corrected chi connectivity index (χ3v) is 1.72. The molecular formula is C10H7ClF3N. The molecule has 2 N–H and O–H groups in total. The fourth-order valence-corrected chi connectivity index (χ4v) is 1.09. The van der Waals surface area contributed by atoms with E-state index in [0.717, 1.165) is 12.1 Å². The number of hydrogen-bond acceptors (Lipinski definition) is 1. The molecule has 80 valence electrons. The van der Waals surface area contributed by atoms with Crippen molar-refractivity contribution in [2.24, 2.45) is 0 Å². The quantitative estimate of drug-likeness (QED) is 0.416. The molecule has 0 aromatic heterocycles. The second kappa shape index (κ2) is 4.45. The highest BCUT2D eigenvalue weighted by Crippen LogP contribution is 2.31. The molecule has 0 aliphatic heterocycles. The minimum atomic E-state index is -4.41. The fraction of sp³-hybridized carbons (Fsp3) is 0.200. The van der Waals surface area contributed by atoms with Gasteiger partial charge in [0.25, 0.3) is 0 Å². The lowest BCUT2D eigenvalue weighted by Gasteiger charge is -2.07. The first-order chi connectivity index (χ1) is 6.93. The molecule has 0 aliphatic carbocycles. The Hall–Kier alpha value is -1.34. The van der Waals surface area contributed by atoms with Crippen molar-refractivity contribution < 1.29 is 13.2 Å². The molecule has 0 atom stereocenters. The van der Waals surface area contributed by atoms with Crippen LogP contribution in [0.25, 0.3) is 0 Å². The van der Waals surface area contributed by atoms with Crippen molar-refractivity contribution in [2.75, 3.05) is 11.6 Å². The summed E-state index contributed by atoms with van der Waals surface area (Å²) in [6, 6.07) is 3.18. The Morgan fingerprint density at radius 3 is 2.47 bits per heavy atom. The van der Waals surface area contributed by atoms with E-state index in [4.69, 9.17) is 17.3 Å². The van der Waals surface area contributed by atoms with Crippen LogP contribution in [-0.2, 0) is 6.18 Å². The van der Waals surface area contributed by atoms with Gasteiger partial charge < -0.3 is 5.73 Å². The molecule has 0 unspecified atom stereocenters. The smallest absolute Gasteiger partial charge is 0.399 e. The van der Waals surface area contributed by atoms with Crippen molar-refractivity contribution in [1.82, 2.24) is 0 Å². The summed E-state index contributed by atoms with van der Waals surface area (Å²) in [7, 11) is 0. The molecule has 1 nitrogen and oxygen atoms in total. The van der Waals surface area contributed by atoms with E-state index in [1.54, 1.807) is 0 Å². The Labute approximate surface area is 90.0 Å². The van der Waals surface area contributed by atoms with Gasteiger partial charge in [-0.1, -0.05) is 11.8 Å². The van der Waals surface area contributed by atoms with Gasteiger partial charge in [-0.2, -0.15) is 13.2 Å². The van der Waals surface area contributed by atoms with Crippen LogP contribution in [0, 0.1) is 11.8 Å². The summed E-state index contributed by atoms with van der Waals surface area (Å²) in [5, 5.41) is 0. The Morgan fingerprint density at radius 2 is 1.93 bits per heavy atom. The topological polar surface area (TPSA) is 26.0 Å². The predicted molar refractivity (Wildman–Crippen MR) is 53.5 cm³/mol. The zero-order chi connectivity index (χ0) is 11.5. The van der Waals surface area contributed by atoms with Gasteiger partial charge in [0.1, 0.15) is 0 Å². The van der Waals surface area contributed by atoms with Crippen LogP contribution in [0.5, 0.6) is 0 Å². The van der Waals surface area contributed by atoms with Gasteiger partial charge in [0, 0.05) is 11.3 Å². The number of alkyl halides is 4. The maximum Gasteiger partial charge on any atom is 0.416 e. The second-order valence-electron chi connectivity index (χ2n) is 2.78. The van der Waals surface area contributed by atoms with Crippen LogP contribution in [0.4, 0.5) is 18.9 Å². The summed E-state index contributed by atoms with van der Waals surface area (Å²) in [6.07, 6.45) is -4.41. The number of halogens is 4. The van der Waals surface area contributed by atoms with Crippen molar-refractivity contribution in [3.8, 4) is 11.8 Å². The Kier molecular flexibility index (Phi) is 3.48. The molecule has 0 saturated carbocycles. The molecular weight excluding hydrogens is 227 g/mol. The first-order valence-electron chi connectivity index (χ1n) is 3.96. The normalized spacial score (nSPS) is 10.7. The van der Waals surface area contributed by atoms with Crippen molar-refractivity contribution in [3.63, 3.8) is 0 Å². The van der Waals surface area contributed by atoms with E-state index in [2.05, 4.69) is 11.8 Å². The average Bonchev–Trinajstić information content (AvgIpc) is 2.12. The third kappa shape index (κ3) is 3.37. The summed E-state index contributed by atoms with van der Waals surface area (Å²) >= 11 is 5.29. The molecule has 0 spiro atoms. The zero-order valence-electron chi connectivity index (χ0n) is 7.53. The van der Waals surface area contributed by atoms with Crippen molar-refractivity contribution in [3.05, 3.63) is 29.3 Å². The van der Waals surface area contributed by atoms with E-state index in [-0.39, 0.29) is 17.1 Å². The lowest BCUT2D eigenvalue weighted by Crippen LogP contribution is -2.06. The van der Waals surface area contributed by atoms with E-state index < -0.39 is 11.7 Å². The highest BCUT2D eigenvalue weighted by atomic mass is 35.5. The molecule has 0 aliphatic rings. The molecule has 1 rings (SSSR count). The van der Waals surface area contributed by atoms with Gasteiger partial charge in [-0.15, -0.1) is 11.6 Å². The van der Waals surface area contributed by atoms with Crippen molar-refractivity contribution >= 4 is 17.3 Å². The van der Waals surface area contributed by atoms with Gasteiger partial charge >= 0.3 is 6.18 Å². The lowest BCUT2D eigenvalue weighted by atomic mass is 10.1. The number of nitrogens with two attached hydrogens (primary N) is 1. The van der Waals surface area contributed by atoms with Crippen LogP contribution < -0.4 is 5.73 Å². The molecule has 1 aromatic rings. The van der Waals surface area contributed by atoms with Gasteiger partial charge in [0.2, 0.25) is 0 Å². The monoisotopic (exact) mass is 233 g/mol. The number of benzene rings is 1. The summed E-state index contributed by atoms with van der Waals surface area (Å²) < 4.78 is 37.0. The average molecular weight is 234 g/mol. The molecule has 0 saturated heterocycles. The van der Waals surface area contributed by atoms with Crippen LogP contribution in [0.15, 0.2) is 18.2 Å². The minimum absolute atomic E-state index is 0.0312. The van der Waals surface area contributed by atoms with Crippen molar-refractivity contribution in [1.29, 1.82) is 0 Å². The van der Waals surface area contributed by atoms with E-state index in [1.807, 2.05) is 0 Å². The van der Waals surface area contributed by atoms with E-state index in [9.17, 15) is 13.2 Å².